The third kappa shape index (κ3) is 6.77. The first-order valence-electron chi connectivity index (χ1n) is 9.46. The lowest BCUT2D eigenvalue weighted by Crippen LogP contribution is -2.34. The molecule has 0 saturated heterocycles. The van der Waals surface area contributed by atoms with Gasteiger partial charge in [0, 0.05) is 0 Å². The van der Waals surface area contributed by atoms with E-state index in [0.29, 0.717) is 13.2 Å². The van der Waals surface area contributed by atoms with Crippen LogP contribution in [0.2, 0.25) is 0 Å². The fourth-order valence-electron chi connectivity index (χ4n) is 2.67. The first-order valence-corrected chi connectivity index (χ1v) is 9.46. The number of nitrogens with zero attached hydrogens (tertiary/aromatic N) is 1. The predicted octanol–water partition coefficient (Wildman–Crippen LogP) is 2.45. The first-order chi connectivity index (χ1) is 14.6. The summed E-state index contributed by atoms with van der Waals surface area (Å²) in [5, 5.41) is 0. The van der Waals surface area contributed by atoms with Crippen LogP contribution in [-0.4, -0.2) is 28.9 Å². The molecule has 2 aromatic carbocycles. The summed E-state index contributed by atoms with van der Waals surface area (Å²) in [6.45, 7) is 0.967. The Labute approximate surface area is 172 Å². The van der Waals surface area contributed by atoms with Gasteiger partial charge in [-0.1, -0.05) is 60.7 Å². The molecule has 158 valence electrons. The van der Waals surface area contributed by atoms with E-state index in [4.69, 9.17) is 14.2 Å². The van der Waals surface area contributed by atoms with Crippen molar-refractivity contribution in [3.63, 3.8) is 0 Å². The topological polar surface area (TPSA) is 82.6 Å². The molecule has 0 fully saturated rings. The van der Waals surface area contributed by atoms with Crippen LogP contribution in [0.5, 0.6) is 0 Å². The molecule has 1 heterocycles. The summed E-state index contributed by atoms with van der Waals surface area (Å²) < 4.78 is 31.5. The largest absolute Gasteiger partial charge is 0.374 e. The number of aromatic amines is 1. The minimum atomic E-state index is -1.06. The molecule has 30 heavy (non-hydrogen) atoms. The van der Waals surface area contributed by atoms with Gasteiger partial charge in [0.1, 0.15) is 12.8 Å². The zero-order valence-corrected chi connectivity index (χ0v) is 16.3. The maximum atomic E-state index is 13.5. The summed E-state index contributed by atoms with van der Waals surface area (Å²) in [7, 11) is 0. The van der Waals surface area contributed by atoms with Gasteiger partial charge in [0.15, 0.2) is 0 Å². The van der Waals surface area contributed by atoms with Crippen LogP contribution in [0.1, 0.15) is 11.1 Å². The van der Waals surface area contributed by atoms with Crippen molar-refractivity contribution in [1.29, 1.82) is 0 Å². The third-order valence-corrected chi connectivity index (χ3v) is 4.25. The van der Waals surface area contributed by atoms with E-state index in [1.54, 1.807) is 0 Å². The molecule has 0 saturated carbocycles. The van der Waals surface area contributed by atoms with Crippen molar-refractivity contribution < 1.29 is 18.6 Å². The van der Waals surface area contributed by atoms with E-state index in [1.807, 2.05) is 65.6 Å². The normalized spacial score (nSPS) is 11.1. The van der Waals surface area contributed by atoms with Crippen molar-refractivity contribution in [3.05, 3.63) is 105 Å². The zero-order chi connectivity index (χ0) is 21.2. The number of hydrogen-bond acceptors (Lipinski definition) is 5. The van der Waals surface area contributed by atoms with Gasteiger partial charge in [0.25, 0.3) is 5.56 Å². The summed E-state index contributed by atoms with van der Waals surface area (Å²) in [5.41, 5.74) is 0.210. The molecule has 3 rings (SSSR count). The summed E-state index contributed by atoms with van der Waals surface area (Å²) >= 11 is 0. The van der Waals surface area contributed by atoms with Crippen molar-refractivity contribution in [3.8, 4) is 0 Å². The van der Waals surface area contributed by atoms with E-state index in [-0.39, 0.29) is 19.9 Å². The Kier molecular flexibility index (Phi) is 8.08. The quantitative estimate of drug-likeness (QED) is 0.521. The van der Waals surface area contributed by atoms with Crippen molar-refractivity contribution in [1.82, 2.24) is 9.55 Å². The minimum absolute atomic E-state index is 0.213. The van der Waals surface area contributed by atoms with Crippen LogP contribution in [-0.2, 0) is 34.2 Å². The smallest absolute Gasteiger partial charge is 0.330 e. The van der Waals surface area contributed by atoms with Crippen LogP contribution in [0.4, 0.5) is 4.39 Å². The third-order valence-electron chi connectivity index (χ3n) is 4.25. The average molecular weight is 414 g/mol. The van der Waals surface area contributed by atoms with Crippen molar-refractivity contribution in [2.45, 2.75) is 26.0 Å². The fraction of sp³-hybridized carbons (Fsp3) is 0.273. The van der Waals surface area contributed by atoms with Crippen molar-refractivity contribution >= 4 is 0 Å². The molecule has 0 atom stereocenters. The van der Waals surface area contributed by atoms with E-state index in [2.05, 4.69) is 0 Å². The lowest BCUT2D eigenvalue weighted by atomic mass is 10.2. The molecule has 0 unspecified atom stereocenters. The molecule has 0 amide bonds. The lowest BCUT2D eigenvalue weighted by Gasteiger charge is -2.19. The van der Waals surface area contributed by atoms with E-state index >= 15 is 0 Å². The van der Waals surface area contributed by atoms with E-state index < -0.39 is 23.2 Å². The van der Waals surface area contributed by atoms with Gasteiger partial charge < -0.3 is 14.2 Å². The summed E-state index contributed by atoms with van der Waals surface area (Å²) in [6.07, 6.45) is 0.313. The maximum Gasteiger partial charge on any atom is 0.330 e. The van der Waals surface area contributed by atoms with Gasteiger partial charge in [-0.05, 0) is 11.1 Å². The standard InChI is InChI=1S/C22H23FN2O5/c23-20-11-25(22(27)24-21(20)26)16-30-19(14-28-12-17-7-3-1-4-8-17)15-29-13-18-9-5-2-6-10-18/h1-11,19H,12-16H2,(H,24,26,27). The molecule has 3 aromatic rings. The molecule has 1 aromatic heterocycles. The van der Waals surface area contributed by atoms with E-state index in [9.17, 15) is 14.0 Å². The van der Waals surface area contributed by atoms with Crippen molar-refractivity contribution in [2.24, 2.45) is 0 Å². The zero-order valence-electron chi connectivity index (χ0n) is 16.3. The van der Waals surface area contributed by atoms with Gasteiger partial charge in [-0.25, -0.2) is 4.79 Å². The van der Waals surface area contributed by atoms with Gasteiger partial charge in [0.2, 0.25) is 5.82 Å². The van der Waals surface area contributed by atoms with Crippen LogP contribution < -0.4 is 11.2 Å². The average Bonchev–Trinajstić information content (AvgIpc) is 2.76. The van der Waals surface area contributed by atoms with Gasteiger partial charge in [-0.2, -0.15) is 4.39 Å². The minimum Gasteiger partial charge on any atom is -0.374 e. The summed E-state index contributed by atoms with van der Waals surface area (Å²) in [6, 6.07) is 19.3. The Bertz CT molecular complexity index is 975. The second kappa shape index (κ2) is 11.2. The number of H-pyrrole nitrogens is 1. The molecule has 1 N–H and O–H groups in total. The summed E-state index contributed by atoms with van der Waals surface area (Å²) in [5.74, 6) is -1.06. The van der Waals surface area contributed by atoms with Gasteiger partial charge in [0.05, 0.1) is 32.6 Å². The number of rotatable bonds is 11. The number of ether oxygens (including phenoxy) is 3. The Morgan fingerprint density at radius 2 is 1.40 bits per heavy atom. The highest BCUT2D eigenvalue weighted by Gasteiger charge is 2.12. The summed E-state index contributed by atoms with van der Waals surface area (Å²) in [4.78, 5) is 24.9. The highest BCUT2D eigenvalue weighted by Crippen LogP contribution is 2.06. The second-order valence-corrected chi connectivity index (χ2v) is 6.63. The Morgan fingerprint density at radius 3 is 1.93 bits per heavy atom. The lowest BCUT2D eigenvalue weighted by molar-refractivity contribution is -0.0884. The Morgan fingerprint density at radius 1 is 0.867 bits per heavy atom. The highest BCUT2D eigenvalue weighted by molar-refractivity contribution is 5.14. The maximum absolute atomic E-state index is 13.5. The molecule has 0 aliphatic heterocycles. The molecule has 0 spiro atoms. The number of nitrogens with one attached hydrogen (secondary N) is 1. The number of benzene rings is 2. The predicted molar refractivity (Wildman–Crippen MR) is 108 cm³/mol. The van der Waals surface area contributed by atoms with Gasteiger partial charge in [-0.3, -0.25) is 14.3 Å². The number of hydrogen-bond donors (Lipinski definition) is 1. The Hall–Kier alpha value is -3.07. The molecular weight excluding hydrogens is 391 g/mol. The Balaban J connectivity index is 1.56. The molecule has 8 heteroatoms. The second-order valence-electron chi connectivity index (χ2n) is 6.63. The van der Waals surface area contributed by atoms with Gasteiger partial charge >= 0.3 is 5.69 Å². The molecule has 0 bridgehead atoms. The first kappa shape index (κ1) is 21.6. The fourth-order valence-corrected chi connectivity index (χ4v) is 2.67. The van der Waals surface area contributed by atoms with Gasteiger partial charge in [-0.15, -0.1) is 0 Å². The van der Waals surface area contributed by atoms with Crippen LogP contribution in [0, 0.1) is 5.82 Å². The van der Waals surface area contributed by atoms with Crippen LogP contribution >= 0.6 is 0 Å². The molecular formula is C22H23FN2O5. The van der Waals surface area contributed by atoms with Crippen LogP contribution in [0.15, 0.2) is 76.4 Å². The van der Waals surface area contributed by atoms with E-state index in [1.165, 1.54) is 0 Å². The SMILES string of the molecule is O=c1[nH]c(=O)n(COC(COCc2ccccc2)COCc2ccccc2)cc1F. The highest BCUT2D eigenvalue weighted by atomic mass is 19.1. The monoisotopic (exact) mass is 414 g/mol. The molecule has 0 radical (unpaired) electrons. The molecule has 7 nitrogen and oxygen atoms in total. The number of aromatic nitrogens is 2. The van der Waals surface area contributed by atoms with E-state index in [0.717, 1.165) is 21.9 Å². The number of halogens is 1. The van der Waals surface area contributed by atoms with Crippen LogP contribution in [0.3, 0.4) is 0 Å². The molecule has 0 aliphatic rings. The van der Waals surface area contributed by atoms with Crippen LogP contribution in [0.25, 0.3) is 0 Å². The molecule has 0 aliphatic carbocycles. The van der Waals surface area contributed by atoms with Crippen molar-refractivity contribution in [2.75, 3.05) is 13.2 Å².